The van der Waals surface area contributed by atoms with Crippen LogP contribution in [0.1, 0.15) is 20.1 Å². The number of imidazole rings is 1. The summed E-state index contributed by atoms with van der Waals surface area (Å²) in [5.74, 6) is -1.41. The number of alkyl halides is 1. The van der Waals surface area contributed by atoms with Crippen molar-refractivity contribution < 1.29 is 37.3 Å². The lowest BCUT2D eigenvalue weighted by Crippen LogP contribution is -2.36. The van der Waals surface area contributed by atoms with Crippen molar-refractivity contribution >= 4 is 36.3 Å². The van der Waals surface area contributed by atoms with E-state index in [2.05, 4.69) is 20.0 Å². The van der Waals surface area contributed by atoms with Gasteiger partial charge >= 0.3 is 13.5 Å². The number of hydrogen-bond acceptors (Lipinski definition) is 11. The fourth-order valence-corrected chi connectivity index (χ4v) is 5.11. The maximum Gasteiger partial charge on any atom is 0.342 e. The molecule has 4 rings (SSSR count). The average Bonchev–Trinajstić information content (AvgIpc) is 3.40. The minimum absolute atomic E-state index is 0.0760. The van der Waals surface area contributed by atoms with Crippen molar-refractivity contribution in [1.82, 2.24) is 24.6 Å². The van der Waals surface area contributed by atoms with Crippen molar-refractivity contribution in [3.63, 3.8) is 0 Å². The van der Waals surface area contributed by atoms with E-state index in [1.807, 2.05) is 0 Å². The van der Waals surface area contributed by atoms with Crippen LogP contribution in [0.25, 0.3) is 11.2 Å². The molecule has 3 aromatic rings. The Balaban J connectivity index is 1.51. The van der Waals surface area contributed by atoms with Gasteiger partial charge in [0.25, 0.3) is 0 Å². The number of aromatic nitrogens is 4. The molecule has 5 atom stereocenters. The topological polar surface area (TPSA) is 170 Å². The van der Waals surface area contributed by atoms with Gasteiger partial charge in [0.2, 0.25) is 18.2 Å². The highest BCUT2D eigenvalue weighted by atomic mass is 31.2. The van der Waals surface area contributed by atoms with Crippen molar-refractivity contribution in [1.29, 1.82) is 0 Å². The van der Waals surface area contributed by atoms with Crippen LogP contribution in [0.5, 0.6) is 5.75 Å². The normalized spacial score (nSPS) is 22.3. The second-order valence-corrected chi connectivity index (χ2v) is 9.77. The molecular formula is C21H24FN6O7P. The van der Waals surface area contributed by atoms with Gasteiger partial charge in [-0.25, -0.2) is 24.4 Å². The minimum atomic E-state index is -3.98. The summed E-state index contributed by atoms with van der Waals surface area (Å²) < 4.78 is 51.2. The zero-order chi connectivity index (χ0) is 25.9. The first kappa shape index (κ1) is 25.6. The number of nitrogens with two attached hydrogens (primary N) is 1. The molecule has 1 fully saturated rings. The molecule has 15 heteroatoms. The highest BCUT2D eigenvalue weighted by Gasteiger charge is 2.47. The molecular weight excluding hydrogens is 498 g/mol. The monoisotopic (exact) mass is 522 g/mol. The second kappa shape index (κ2) is 10.7. The molecule has 1 aliphatic rings. The predicted molar refractivity (Wildman–Crippen MR) is 123 cm³/mol. The first-order valence-corrected chi connectivity index (χ1v) is 12.7. The number of ether oxygens (including phenoxy) is 3. The van der Waals surface area contributed by atoms with E-state index in [4.69, 9.17) is 24.5 Å². The Bertz CT molecular complexity index is 1290. The summed E-state index contributed by atoms with van der Waals surface area (Å²) in [7, 11) is -3.98. The molecule has 36 heavy (non-hydrogen) atoms. The van der Waals surface area contributed by atoms with Gasteiger partial charge in [0.15, 0.2) is 24.0 Å². The van der Waals surface area contributed by atoms with Crippen molar-refractivity contribution in [2.45, 2.75) is 38.6 Å². The van der Waals surface area contributed by atoms with Crippen molar-refractivity contribution in [3.8, 4) is 5.75 Å². The van der Waals surface area contributed by atoms with Gasteiger partial charge in [-0.3, -0.25) is 18.7 Å². The lowest BCUT2D eigenvalue weighted by atomic mass is 10.2. The number of nitrogen functional groups attached to an aromatic ring is 1. The smallest absolute Gasteiger partial charge is 0.342 e. The molecule has 0 saturated carbocycles. The van der Waals surface area contributed by atoms with Crippen LogP contribution in [0.3, 0.4) is 0 Å². The molecule has 3 heterocycles. The lowest BCUT2D eigenvalue weighted by Gasteiger charge is -2.24. The molecule has 0 spiro atoms. The number of esters is 1. The molecule has 1 aliphatic heterocycles. The number of nitrogens with zero attached hydrogens (tertiary/aromatic N) is 4. The highest BCUT2D eigenvalue weighted by Crippen LogP contribution is 2.45. The second-order valence-electron chi connectivity index (χ2n) is 7.72. The van der Waals surface area contributed by atoms with Gasteiger partial charge in [0, 0.05) is 0 Å². The number of rotatable bonds is 10. The van der Waals surface area contributed by atoms with Crippen molar-refractivity contribution in [2.75, 3.05) is 18.7 Å². The average molecular weight is 522 g/mol. The number of halogens is 1. The summed E-state index contributed by atoms with van der Waals surface area (Å²) in [6.07, 6.45) is -3.64. The number of hydrogen-bond donors (Lipinski definition) is 2. The zero-order valence-electron chi connectivity index (χ0n) is 19.3. The van der Waals surface area contributed by atoms with E-state index in [-0.39, 0.29) is 29.3 Å². The molecule has 1 unspecified atom stereocenters. The summed E-state index contributed by atoms with van der Waals surface area (Å²) in [5.41, 5.74) is 6.13. The number of nitrogens with one attached hydrogen (secondary N) is 1. The number of fused-ring (bicyclic) bond motifs is 1. The quantitative estimate of drug-likeness (QED) is 0.294. The Hall–Kier alpha value is -3.45. The van der Waals surface area contributed by atoms with Crippen LogP contribution in [0.15, 0.2) is 43.0 Å². The van der Waals surface area contributed by atoms with Gasteiger partial charge in [-0.05, 0) is 26.0 Å². The first-order chi connectivity index (χ1) is 17.2. The summed E-state index contributed by atoms with van der Waals surface area (Å²) >= 11 is 0. The first-order valence-electron chi connectivity index (χ1n) is 10.9. The summed E-state index contributed by atoms with van der Waals surface area (Å²) in [6, 6.07) is 7.10. The number of para-hydroxylation sites is 1. The van der Waals surface area contributed by atoms with Gasteiger partial charge in [-0.1, -0.05) is 18.2 Å². The summed E-state index contributed by atoms with van der Waals surface area (Å²) in [4.78, 5) is 36.5. The Morgan fingerprint density at radius 1 is 1.31 bits per heavy atom. The van der Waals surface area contributed by atoms with E-state index in [0.29, 0.717) is 0 Å². The van der Waals surface area contributed by atoms with Crippen LogP contribution in [0.4, 0.5) is 10.2 Å². The maximum absolute atomic E-state index is 14.9. The number of carbonyl (C=O) groups is 2. The number of benzene rings is 1. The van der Waals surface area contributed by atoms with Gasteiger partial charge in [0.1, 0.15) is 23.6 Å². The molecule has 0 aliphatic carbocycles. The van der Waals surface area contributed by atoms with E-state index in [9.17, 15) is 18.5 Å². The Morgan fingerprint density at radius 2 is 2.06 bits per heavy atom. The van der Waals surface area contributed by atoms with Crippen molar-refractivity contribution in [3.05, 3.63) is 43.0 Å². The third-order valence-corrected chi connectivity index (χ3v) is 6.88. The van der Waals surface area contributed by atoms with E-state index >= 15 is 0 Å². The van der Waals surface area contributed by atoms with Gasteiger partial charge in [-0.2, -0.15) is 0 Å². The molecule has 1 aromatic carbocycles. The van der Waals surface area contributed by atoms with Crippen LogP contribution < -0.4 is 15.3 Å². The van der Waals surface area contributed by atoms with Crippen LogP contribution >= 0.6 is 7.52 Å². The standard InChI is InChI=1S/C21H24FN6O7P/c1-3-32-20(30)12(2)27-36(31,35-13-7-5-4-6-8-13)11-33-21-16(29)14(22)19(34-21)28-10-26-15-17(23)24-9-25-18(15)28/h4-10,12,14,19,21H,3,11H2,1-2H3,(H,27,31)(H2,23,24,25)/t12-,14+,19+,21-,36?/m0/s1. The Morgan fingerprint density at radius 3 is 2.78 bits per heavy atom. The number of anilines is 1. The fraction of sp³-hybridized carbons (Fsp3) is 0.381. The molecule has 3 N–H and O–H groups in total. The minimum Gasteiger partial charge on any atom is -0.465 e. The summed E-state index contributed by atoms with van der Waals surface area (Å²) in [5, 5.41) is 2.57. The Kier molecular flexibility index (Phi) is 7.59. The molecule has 192 valence electrons. The summed E-state index contributed by atoms with van der Waals surface area (Å²) in [6.45, 7) is 3.18. The van der Waals surface area contributed by atoms with Gasteiger partial charge in [0.05, 0.1) is 12.9 Å². The van der Waals surface area contributed by atoms with Gasteiger partial charge < -0.3 is 24.5 Å². The zero-order valence-corrected chi connectivity index (χ0v) is 20.2. The molecule has 2 aromatic heterocycles. The van der Waals surface area contributed by atoms with E-state index < -0.39 is 50.4 Å². The van der Waals surface area contributed by atoms with E-state index in [1.54, 1.807) is 37.3 Å². The van der Waals surface area contributed by atoms with E-state index in [0.717, 1.165) is 0 Å². The number of ketones is 1. The van der Waals surface area contributed by atoms with Crippen LogP contribution in [0.2, 0.25) is 0 Å². The molecule has 0 radical (unpaired) electrons. The highest BCUT2D eigenvalue weighted by molar-refractivity contribution is 7.57. The third kappa shape index (κ3) is 5.36. The van der Waals surface area contributed by atoms with Crippen molar-refractivity contribution in [2.24, 2.45) is 0 Å². The molecule has 0 bridgehead atoms. The van der Waals surface area contributed by atoms with E-state index in [1.165, 1.54) is 24.1 Å². The maximum atomic E-state index is 14.9. The molecule has 1 saturated heterocycles. The molecule has 0 amide bonds. The van der Waals surface area contributed by atoms with Crippen LogP contribution in [-0.2, 0) is 28.4 Å². The predicted octanol–water partition coefficient (Wildman–Crippen LogP) is 1.96. The lowest BCUT2D eigenvalue weighted by molar-refractivity contribution is -0.159. The Labute approximate surface area is 204 Å². The SMILES string of the molecule is CCOC(=O)[C@H](C)NP(=O)(CO[C@H]1O[C@@H](n2cnc3c(N)ncnc32)[C@H](F)C1=O)Oc1ccccc1. The largest absolute Gasteiger partial charge is 0.465 e. The fourth-order valence-electron chi connectivity index (χ4n) is 3.44. The van der Waals surface area contributed by atoms with Gasteiger partial charge in [-0.15, -0.1) is 0 Å². The van der Waals surface area contributed by atoms with Crippen LogP contribution in [0, 0.1) is 0 Å². The third-order valence-electron chi connectivity index (χ3n) is 5.10. The number of carbonyl (C=O) groups excluding carboxylic acids is 2. The number of Topliss-reactive ketones (excluding diaryl/α,β-unsaturated/α-hetero) is 1. The van der Waals surface area contributed by atoms with Crippen LogP contribution in [-0.4, -0.2) is 62.7 Å². The molecule has 13 nitrogen and oxygen atoms in total.